The van der Waals surface area contributed by atoms with Crippen LogP contribution < -0.4 is 4.74 Å². The number of rotatable bonds is 3. The topological polar surface area (TPSA) is 44.1 Å². The molecule has 1 heterocycles. The van der Waals surface area contributed by atoms with Gasteiger partial charge in [-0.3, -0.25) is 4.79 Å². The van der Waals surface area contributed by atoms with Gasteiger partial charge in [-0.25, -0.2) is 4.68 Å². The van der Waals surface area contributed by atoms with Crippen molar-refractivity contribution in [3.05, 3.63) is 46.6 Å². The molecule has 0 aliphatic heterocycles. The Morgan fingerprint density at radius 3 is 3.00 bits per heavy atom. The first kappa shape index (κ1) is 12.9. The number of aldehydes is 1. The number of aromatic nitrogens is 2. The maximum absolute atomic E-state index is 11.2. The van der Waals surface area contributed by atoms with Crippen molar-refractivity contribution in [2.24, 2.45) is 7.05 Å². The lowest BCUT2D eigenvalue weighted by molar-refractivity contribution is 0.111. The first-order valence-electron chi connectivity index (χ1n) is 6.94. The number of nitrogens with zero attached hydrogens (tertiary/aromatic N) is 2. The Morgan fingerprint density at radius 2 is 2.20 bits per heavy atom. The van der Waals surface area contributed by atoms with E-state index in [4.69, 9.17) is 4.74 Å². The third-order valence-electron chi connectivity index (χ3n) is 3.90. The highest BCUT2D eigenvalue weighted by atomic mass is 16.5. The van der Waals surface area contributed by atoms with Crippen LogP contribution in [-0.4, -0.2) is 16.1 Å². The Hall–Kier alpha value is -2.10. The van der Waals surface area contributed by atoms with E-state index in [0.29, 0.717) is 17.1 Å². The number of hydrogen-bond donors (Lipinski definition) is 0. The van der Waals surface area contributed by atoms with Crippen LogP contribution in [0, 0.1) is 6.92 Å². The molecule has 0 fully saturated rings. The normalized spacial score (nSPS) is 17.6. The molecule has 3 rings (SSSR count). The number of carbonyl (C=O) groups is 1. The molecule has 0 amide bonds. The molecule has 0 saturated carbocycles. The highest BCUT2D eigenvalue weighted by Crippen LogP contribution is 2.34. The van der Waals surface area contributed by atoms with Crippen LogP contribution in [0.5, 0.6) is 5.88 Å². The zero-order valence-electron chi connectivity index (χ0n) is 11.8. The molecule has 2 aromatic rings. The van der Waals surface area contributed by atoms with Crippen molar-refractivity contribution in [3.8, 4) is 5.88 Å². The van der Waals surface area contributed by atoms with E-state index in [0.717, 1.165) is 25.5 Å². The Balaban J connectivity index is 1.95. The minimum absolute atomic E-state index is 0.00782. The van der Waals surface area contributed by atoms with Crippen molar-refractivity contribution >= 4 is 6.29 Å². The summed E-state index contributed by atoms with van der Waals surface area (Å²) < 4.78 is 7.77. The summed E-state index contributed by atoms with van der Waals surface area (Å²) in [5, 5.41) is 4.26. The SMILES string of the molecule is Cc1nn(C)c(OC2CCCc3ccccc32)c1C=O. The van der Waals surface area contributed by atoms with Gasteiger partial charge in [-0.2, -0.15) is 5.10 Å². The van der Waals surface area contributed by atoms with Crippen molar-refractivity contribution in [2.45, 2.75) is 32.3 Å². The first-order valence-corrected chi connectivity index (χ1v) is 6.94. The summed E-state index contributed by atoms with van der Waals surface area (Å²) in [5.41, 5.74) is 3.84. The van der Waals surface area contributed by atoms with Gasteiger partial charge in [0, 0.05) is 7.05 Å². The lowest BCUT2D eigenvalue weighted by Crippen LogP contribution is -2.17. The van der Waals surface area contributed by atoms with Crippen LogP contribution >= 0.6 is 0 Å². The predicted octanol–water partition coefficient (Wildman–Crippen LogP) is 3.00. The van der Waals surface area contributed by atoms with Gasteiger partial charge in [0.05, 0.1) is 11.3 Å². The van der Waals surface area contributed by atoms with Crippen LogP contribution in [-0.2, 0) is 13.5 Å². The minimum atomic E-state index is 0.00782. The summed E-state index contributed by atoms with van der Waals surface area (Å²) >= 11 is 0. The van der Waals surface area contributed by atoms with E-state index < -0.39 is 0 Å². The Labute approximate surface area is 118 Å². The summed E-state index contributed by atoms with van der Waals surface area (Å²) in [4.78, 5) is 11.2. The second-order valence-electron chi connectivity index (χ2n) is 5.24. The average Bonchev–Trinajstić information content (AvgIpc) is 2.73. The maximum Gasteiger partial charge on any atom is 0.223 e. The summed E-state index contributed by atoms with van der Waals surface area (Å²) in [6, 6.07) is 8.37. The van der Waals surface area contributed by atoms with Gasteiger partial charge in [0.15, 0.2) is 6.29 Å². The molecule has 104 valence electrons. The molecule has 0 spiro atoms. The van der Waals surface area contributed by atoms with Gasteiger partial charge in [-0.1, -0.05) is 24.3 Å². The van der Waals surface area contributed by atoms with E-state index in [9.17, 15) is 4.79 Å². The van der Waals surface area contributed by atoms with Crippen molar-refractivity contribution in [1.29, 1.82) is 0 Å². The molecule has 4 heteroatoms. The summed E-state index contributed by atoms with van der Waals surface area (Å²) in [7, 11) is 1.81. The number of carbonyl (C=O) groups excluding carboxylic acids is 1. The van der Waals surface area contributed by atoms with E-state index in [1.165, 1.54) is 11.1 Å². The van der Waals surface area contributed by atoms with Gasteiger partial charge >= 0.3 is 0 Å². The molecule has 1 aliphatic rings. The molecule has 0 saturated heterocycles. The summed E-state index contributed by atoms with van der Waals surface area (Å²) in [6.45, 7) is 1.82. The first-order chi connectivity index (χ1) is 9.70. The molecule has 20 heavy (non-hydrogen) atoms. The molecule has 1 aromatic carbocycles. The van der Waals surface area contributed by atoms with E-state index in [1.54, 1.807) is 4.68 Å². The summed E-state index contributed by atoms with van der Waals surface area (Å²) in [6.07, 6.45) is 4.01. The fraction of sp³-hybridized carbons (Fsp3) is 0.375. The van der Waals surface area contributed by atoms with Gasteiger partial charge in [-0.05, 0) is 37.3 Å². The van der Waals surface area contributed by atoms with Crippen molar-refractivity contribution in [1.82, 2.24) is 9.78 Å². The molecule has 1 aliphatic carbocycles. The Bertz CT molecular complexity index is 646. The zero-order chi connectivity index (χ0) is 14.1. The van der Waals surface area contributed by atoms with Gasteiger partial charge in [0.2, 0.25) is 5.88 Å². The largest absolute Gasteiger partial charge is 0.469 e. The average molecular weight is 270 g/mol. The highest BCUT2D eigenvalue weighted by Gasteiger charge is 2.24. The van der Waals surface area contributed by atoms with Crippen LogP contribution in [0.2, 0.25) is 0 Å². The molecule has 1 atom stereocenters. The highest BCUT2D eigenvalue weighted by molar-refractivity contribution is 5.80. The molecule has 1 aromatic heterocycles. The predicted molar refractivity (Wildman–Crippen MR) is 76.1 cm³/mol. The minimum Gasteiger partial charge on any atom is -0.469 e. The molecular weight excluding hydrogens is 252 g/mol. The molecule has 0 N–H and O–H groups in total. The molecule has 0 radical (unpaired) electrons. The van der Waals surface area contributed by atoms with Crippen LogP contribution in [0.1, 0.15) is 46.1 Å². The van der Waals surface area contributed by atoms with Crippen molar-refractivity contribution in [3.63, 3.8) is 0 Å². The fourth-order valence-corrected chi connectivity index (χ4v) is 2.90. The zero-order valence-corrected chi connectivity index (χ0v) is 11.8. The quantitative estimate of drug-likeness (QED) is 0.805. The van der Waals surface area contributed by atoms with Crippen LogP contribution in [0.15, 0.2) is 24.3 Å². The smallest absolute Gasteiger partial charge is 0.223 e. The lowest BCUT2D eigenvalue weighted by Gasteiger charge is -2.26. The number of aryl methyl sites for hydroxylation is 3. The number of benzene rings is 1. The molecule has 0 bridgehead atoms. The van der Waals surface area contributed by atoms with Crippen molar-refractivity contribution in [2.75, 3.05) is 0 Å². The second-order valence-corrected chi connectivity index (χ2v) is 5.24. The van der Waals surface area contributed by atoms with E-state index in [2.05, 4.69) is 23.3 Å². The number of ether oxygens (including phenoxy) is 1. The van der Waals surface area contributed by atoms with Gasteiger partial charge < -0.3 is 4.74 Å². The van der Waals surface area contributed by atoms with Crippen LogP contribution in [0.4, 0.5) is 0 Å². The van der Waals surface area contributed by atoms with Gasteiger partial charge in [-0.15, -0.1) is 0 Å². The second kappa shape index (κ2) is 5.12. The van der Waals surface area contributed by atoms with E-state index in [-0.39, 0.29) is 6.10 Å². The van der Waals surface area contributed by atoms with Crippen LogP contribution in [0.3, 0.4) is 0 Å². The standard InChI is InChI=1S/C16H18N2O2/c1-11-14(10-19)16(18(2)17-11)20-15-9-5-7-12-6-3-4-8-13(12)15/h3-4,6,8,10,15H,5,7,9H2,1-2H3. The van der Waals surface area contributed by atoms with E-state index in [1.807, 2.05) is 20.0 Å². The van der Waals surface area contributed by atoms with Gasteiger partial charge in [0.25, 0.3) is 0 Å². The number of fused-ring (bicyclic) bond motifs is 1. The third-order valence-corrected chi connectivity index (χ3v) is 3.90. The fourth-order valence-electron chi connectivity index (χ4n) is 2.90. The Morgan fingerprint density at radius 1 is 1.40 bits per heavy atom. The van der Waals surface area contributed by atoms with E-state index >= 15 is 0 Å². The van der Waals surface area contributed by atoms with Gasteiger partial charge in [0.1, 0.15) is 6.10 Å². The summed E-state index contributed by atoms with van der Waals surface area (Å²) in [5.74, 6) is 0.569. The van der Waals surface area contributed by atoms with Crippen molar-refractivity contribution < 1.29 is 9.53 Å². The van der Waals surface area contributed by atoms with Crippen LogP contribution in [0.25, 0.3) is 0 Å². The third kappa shape index (κ3) is 2.11. The molecular formula is C16H18N2O2. The molecule has 1 unspecified atom stereocenters. The maximum atomic E-state index is 11.2. The monoisotopic (exact) mass is 270 g/mol. The molecule has 4 nitrogen and oxygen atoms in total. The Kier molecular flexibility index (Phi) is 3.30. The number of hydrogen-bond acceptors (Lipinski definition) is 3. The lowest BCUT2D eigenvalue weighted by atomic mass is 9.89.